The van der Waals surface area contributed by atoms with Crippen molar-refractivity contribution in [3.8, 4) is 0 Å². The third-order valence-corrected chi connectivity index (χ3v) is 3.83. The summed E-state index contributed by atoms with van der Waals surface area (Å²) in [5.74, 6) is -0.138. The largest absolute Gasteiger partial charge is 0.377 e. The molecule has 0 radical (unpaired) electrons. The monoisotopic (exact) mass is 341 g/mol. The maximum atomic E-state index is 12.1. The molecule has 2 aromatic rings. The zero-order valence-electron chi connectivity index (χ0n) is 15.3. The van der Waals surface area contributed by atoms with E-state index in [1.807, 2.05) is 38.1 Å². The maximum Gasteiger partial charge on any atom is 0.255 e. The second kappa shape index (κ2) is 9.30. The number of nitrogens with one attached hydrogen (secondary N) is 2. The fourth-order valence-electron chi connectivity index (χ4n) is 2.47. The topological polar surface area (TPSA) is 63.2 Å². The molecule has 2 N–H and O–H groups in total. The van der Waals surface area contributed by atoms with Gasteiger partial charge in [0.1, 0.15) is 0 Å². The number of anilines is 1. The number of hydrogen-bond donors (Lipinski definition) is 2. The number of aromatic nitrogens is 1. The van der Waals surface area contributed by atoms with Crippen molar-refractivity contribution in [1.29, 1.82) is 0 Å². The molecule has 2 unspecified atom stereocenters. The highest BCUT2D eigenvalue weighted by molar-refractivity contribution is 6.04. The van der Waals surface area contributed by atoms with Gasteiger partial charge in [0.15, 0.2) is 0 Å². The summed E-state index contributed by atoms with van der Waals surface area (Å²) < 4.78 is 5.63. The van der Waals surface area contributed by atoms with E-state index in [-0.39, 0.29) is 24.1 Å². The summed E-state index contributed by atoms with van der Waals surface area (Å²) in [6, 6.07) is 11.7. The number of rotatable bonds is 8. The van der Waals surface area contributed by atoms with Crippen LogP contribution in [0.25, 0.3) is 0 Å². The van der Waals surface area contributed by atoms with Gasteiger partial charge in [-0.05, 0) is 57.5 Å². The van der Waals surface area contributed by atoms with E-state index in [0.29, 0.717) is 12.2 Å². The predicted molar refractivity (Wildman–Crippen MR) is 101 cm³/mol. The smallest absolute Gasteiger partial charge is 0.255 e. The number of carbonyl (C=O) groups is 1. The number of pyridine rings is 1. The SMILES string of the molecule is CC(COC(C)C)NC(C)c1ccc(NC(=O)c2ccncc2)cc1. The van der Waals surface area contributed by atoms with Crippen molar-refractivity contribution >= 4 is 11.6 Å². The molecule has 0 saturated carbocycles. The second-order valence-electron chi connectivity index (χ2n) is 6.48. The minimum atomic E-state index is -0.138. The summed E-state index contributed by atoms with van der Waals surface area (Å²) in [4.78, 5) is 16.1. The van der Waals surface area contributed by atoms with Crippen LogP contribution in [0.4, 0.5) is 5.69 Å². The molecule has 0 saturated heterocycles. The number of benzene rings is 1. The number of amides is 1. The first-order valence-electron chi connectivity index (χ1n) is 8.64. The molecule has 0 aliphatic rings. The van der Waals surface area contributed by atoms with Gasteiger partial charge >= 0.3 is 0 Å². The molecule has 0 bridgehead atoms. The fourth-order valence-corrected chi connectivity index (χ4v) is 2.47. The van der Waals surface area contributed by atoms with E-state index in [4.69, 9.17) is 4.74 Å². The Morgan fingerprint density at radius 2 is 1.68 bits per heavy atom. The molecular formula is C20H27N3O2. The highest BCUT2D eigenvalue weighted by Gasteiger charge is 2.11. The zero-order valence-corrected chi connectivity index (χ0v) is 15.3. The molecule has 134 valence electrons. The number of nitrogens with zero attached hydrogens (tertiary/aromatic N) is 1. The van der Waals surface area contributed by atoms with Crippen LogP contribution in [0, 0.1) is 0 Å². The van der Waals surface area contributed by atoms with Gasteiger partial charge < -0.3 is 15.4 Å². The Balaban J connectivity index is 1.89. The normalized spacial score (nSPS) is 13.5. The highest BCUT2D eigenvalue weighted by Crippen LogP contribution is 2.17. The quantitative estimate of drug-likeness (QED) is 0.767. The average Bonchev–Trinajstić information content (AvgIpc) is 2.61. The van der Waals surface area contributed by atoms with E-state index >= 15 is 0 Å². The van der Waals surface area contributed by atoms with Gasteiger partial charge in [-0.25, -0.2) is 0 Å². The second-order valence-corrected chi connectivity index (χ2v) is 6.48. The van der Waals surface area contributed by atoms with Gasteiger partial charge in [-0.2, -0.15) is 0 Å². The van der Waals surface area contributed by atoms with Gasteiger partial charge in [0.2, 0.25) is 0 Å². The van der Waals surface area contributed by atoms with E-state index in [9.17, 15) is 4.79 Å². The lowest BCUT2D eigenvalue weighted by Crippen LogP contribution is -2.33. The van der Waals surface area contributed by atoms with Gasteiger partial charge in [-0.1, -0.05) is 12.1 Å². The van der Waals surface area contributed by atoms with Crippen LogP contribution in [0.3, 0.4) is 0 Å². The molecule has 1 aromatic heterocycles. The average molecular weight is 341 g/mol. The predicted octanol–water partition coefficient (Wildman–Crippen LogP) is 3.80. The molecule has 0 aliphatic heterocycles. The standard InChI is InChI=1S/C20H27N3O2/c1-14(2)25-13-15(3)22-16(4)17-5-7-19(8-6-17)23-20(24)18-9-11-21-12-10-18/h5-12,14-16,22H,13H2,1-4H3,(H,23,24). The molecule has 0 spiro atoms. The summed E-state index contributed by atoms with van der Waals surface area (Å²) in [6.07, 6.45) is 3.45. The van der Waals surface area contributed by atoms with E-state index in [1.165, 1.54) is 5.56 Å². The highest BCUT2D eigenvalue weighted by atomic mass is 16.5. The van der Waals surface area contributed by atoms with Gasteiger partial charge in [0, 0.05) is 35.7 Å². The van der Waals surface area contributed by atoms with Crippen molar-refractivity contribution in [2.45, 2.75) is 45.9 Å². The molecule has 1 aromatic carbocycles. The molecular weight excluding hydrogens is 314 g/mol. The summed E-state index contributed by atoms with van der Waals surface area (Å²) in [7, 11) is 0. The van der Waals surface area contributed by atoms with Crippen molar-refractivity contribution in [3.05, 3.63) is 59.9 Å². The van der Waals surface area contributed by atoms with E-state index in [1.54, 1.807) is 24.5 Å². The molecule has 2 atom stereocenters. The molecule has 25 heavy (non-hydrogen) atoms. The first-order valence-corrected chi connectivity index (χ1v) is 8.64. The third kappa shape index (κ3) is 6.29. The van der Waals surface area contributed by atoms with Crippen LogP contribution in [0.5, 0.6) is 0 Å². The van der Waals surface area contributed by atoms with Crippen LogP contribution in [0.15, 0.2) is 48.8 Å². The van der Waals surface area contributed by atoms with Crippen molar-refractivity contribution in [3.63, 3.8) is 0 Å². The molecule has 0 aliphatic carbocycles. The van der Waals surface area contributed by atoms with Gasteiger partial charge in [0.05, 0.1) is 12.7 Å². The van der Waals surface area contributed by atoms with Crippen molar-refractivity contribution in [2.75, 3.05) is 11.9 Å². The Morgan fingerprint density at radius 3 is 2.28 bits per heavy atom. The van der Waals surface area contributed by atoms with Crippen LogP contribution in [-0.4, -0.2) is 29.6 Å². The zero-order chi connectivity index (χ0) is 18.2. The Bertz CT molecular complexity index is 656. The van der Waals surface area contributed by atoms with Crippen molar-refractivity contribution < 1.29 is 9.53 Å². The first-order chi connectivity index (χ1) is 12.0. The van der Waals surface area contributed by atoms with Crippen LogP contribution in [-0.2, 0) is 4.74 Å². The Kier molecular flexibility index (Phi) is 7.10. The molecule has 2 rings (SSSR count). The lowest BCUT2D eigenvalue weighted by molar-refractivity contribution is 0.0626. The molecule has 1 heterocycles. The number of ether oxygens (including phenoxy) is 1. The van der Waals surface area contributed by atoms with Crippen LogP contribution >= 0.6 is 0 Å². The Labute approximate surface area is 149 Å². The molecule has 1 amide bonds. The minimum absolute atomic E-state index is 0.138. The van der Waals surface area contributed by atoms with Crippen molar-refractivity contribution in [1.82, 2.24) is 10.3 Å². The first kappa shape index (κ1) is 19.1. The van der Waals surface area contributed by atoms with Gasteiger partial charge in [0.25, 0.3) is 5.91 Å². The molecule has 5 nitrogen and oxygen atoms in total. The molecule has 5 heteroatoms. The Hall–Kier alpha value is -2.24. The summed E-state index contributed by atoms with van der Waals surface area (Å²) in [6.45, 7) is 8.99. The van der Waals surface area contributed by atoms with Crippen LogP contribution in [0.1, 0.15) is 49.7 Å². The summed E-state index contributed by atoms with van der Waals surface area (Å²) >= 11 is 0. The van der Waals surface area contributed by atoms with Crippen LogP contribution < -0.4 is 10.6 Å². The van der Waals surface area contributed by atoms with Crippen molar-refractivity contribution in [2.24, 2.45) is 0 Å². The Morgan fingerprint density at radius 1 is 1.04 bits per heavy atom. The summed E-state index contributed by atoms with van der Waals surface area (Å²) in [5.41, 5.74) is 2.53. The van der Waals surface area contributed by atoms with Gasteiger partial charge in [-0.15, -0.1) is 0 Å². The van der Waals surface area contributed by atoms with E-state index < -0.39 is 0 Å². The number of hydrogen-bond acceptors (Lipinski definition) is 4. The lowest BCUT2D eigenvalue weighted by Gasteiger charge is -2.21. The maximum absolute atomic E-state index is 12.1. The fraction of sp³-hybridized carbons (Fsp3) is 0.400. The third-order valence-electron chi connectivity index (χ3n) is 3.83. The van der Waals surface area contributed by atoms with Crippen LogP contribution in [0.2, 0.25) is 0 Å². The summed E-state index contributed by atoms with van der Waals surface area (Å²) in [5, 5.41) is 6.41. The lowest BCUT2D eigenvalue weighted by atomic mass is 10.1. The molecule has 0 fully saturated rings. The van der Waals surface area contributed by atoms with E-state index in [2.05, 4.69) is 29.5 Å². The minimum Gasteiger partial charge on any atom is -0.377 e. The van der Waals surface area contributed by atoms with E-state index in [0.717, 1.165) is 5.69 Å². The van der Waals surface area contributed by atoms with Gasteiger partial charge in [-0.3, -0.25) is 9.78 Å². The number of carbonyl (C=O) groups excluding carboxylic acids is 1.